The third kappa shape index (κ3) is 3.03. The molecule has 2 aliphatic heterocycles. The molecule has 0 unspecified atom stereocenters. The molecule has 23 heavy (non-hydrogen) atoms. The molecular weight excluding hydrogens is 298 g/mol. The monoisotopic (exact) mass is 324 g/mol. The summed E-state index contributed by atoms with van der Waals surface area (Å²) in [6.45, 7) is 4.28. The first-order chi connectivity index (χ1) is 11.0. The van der Waals surface area contributed by atoms with E-state index < -0.39 is 11.6 Å². The van der Waals surface area contributed by atoms with Crippen molar-refractivity contribution in [2.75, 3.05) is 0 Å². The van der Waals surface area contributed by atoms with E-state index in [2.05, 4.69) is 13.8 Å². The van der Waals surface area contributed by atoms with Crippen LogP contribution in [0.4, 0.5) is 8.78 Å². The summed E-state index contributed by atoms with van der Waals surface area (Å²) in [6, 6.07) is 3.93. The number of rotatable bonds is 7. The normalized spacial score (nSPS) is 32.6. The van der Waals surface area contributed by atoms with Gasteiger partial charge in [-0.2, -0.15) is 0 Å². The first-order valence-corrected chi connectivity index (χ1v) is 8.79. The van der Waals surface area contributed by atoms with Gasteiger partial charge < -0.3 is 9.47 Å². The molecule has 2 heterocycles. The molecule has 128 valence electrons. The van der Waals surface area contributed by atoms with Gasteiger partial charge in [0.2, 0.25) is 0 Å². The highest BCUT2D eigenvalue weighted by Gasteiger charge is 2.60. The number of fused-ring (bicyclic) bond motifs is 2. The van der Waals surface area contributed by atoms with Crippen LogP contribution < -0.4 is 0 Å². The summed E-state index contributed by atoms with van der Waals surface area (Å²) in [4.78, 5) is 0. The van der Waals surface area contributed by atoms with Crippen LogP contribution in [0.1, 0.15) is 64.4 Å². The quantitative estimate of drug-likeness (QED) is 0.691. The Kier molecular flexibility index (Phi) is 4.75. The van der Waals surface area contributed by atoms with Gasteiger partial charge in [0, 0.05) is 12.0 Å². The van der Waals surface area contributed by atoms with Crippen LogP contribution >= 0.6 is 0 Å². The van der Waals surface area contributed by atoms with Crippen LogP contribution in [0.2, 0.25) is 0 Å². The fourth-order valence-electron chi connectivity index (χ4n) is 4.43. The second-order valence-corrected chi connectivity index (χ2v) is 7.05. The van der Waals surface area contributed by atoms with Crippen molar-refractivity contribution in [2.45, 2.75) is 82.7 Å². The average Bonchev–Trinajstić information content (AvgIpc) is 3.00. The molecule has 2 saturated heterocycles. The van der Waals surface area contributed by atoms with Crippen molar-refractivity contribution >= 4 is 0 Å². The number of hydrogen-bond acceptors (Lipinski definition) is 2. The van der Waals surface area contributed by atoms with Crippen LogP contribution in [0, 0.1) is 11.6 Å². The summed E-state index contributed by atoms with van der Waals surface area (Å²) in [6.07, 6.45) is 6.93. The van der Waals surface area contributed by atoms with Gasteiger partial charge in [-0.25, -0.2) is 8.78 Å². The molecule has 1 aromatic carbocycles. The van der Waals surface area contributed by atoms with Crippen molar-refractivity contribution in [1.82, 2.24) is 0 Å². The first-order valence-electron chi connectivity index (χ1n) is 8.79. The van der Waals surface area contributed by atoms with E-state index in [0.717, 1.165) is 44.9 Å². The fraction of sp³-hybridized carbons (Fsp3) is 0.684. The smallest absolute Gasteiger partial charge is 0.131 e. The van der Waals surface area contributed by atoms with E-state index in [-0.39, 0.29) is 29.5 Å². The van der Waals surface area contributed by atoms with Gasteiger partial charge >= 0.3 is 0 Å². The molecule has 3 atom stereocenters. The third-order valence-corrected chi connectivity index (χ3v) is 5.44. The van der Waals surface area contributed by atoms with E-state index in [1.807, 2.05) is 0 Å². The predicted octanol–water partition coefficient (Wildman–Crippen LogP) is 5.14. The zero-order chi connectivity index (χ0) is 16.5. The Labute approximate surface area is 137 Å². The summed E-state index contributed by atoms with van der Waals surface area (Å²) in [5.74, 6) is -1.08. The molecule has 0 aromatic heterocycles. The molecule has 0 N–H and O–H groups in total. The lowest BCUT2D eigenvalue weighted by molar-refractivity contribution is -0.104. The number of halogens is 2. The maximum atomic E-state index is 13.8. The minimum atomic E-state index is -0.540. The van der Waals surface area contributed by atoms with Crippen molar-refractivity contribution in [1.29, 1.82) is 0 Å². The summed E-state index contributed by atoms with van der Waals surface area (Å²) in [5.41, 5.74) is -0.319. The van der Waals surface area contributed by atoms with Gasteiger partial charge in [0.15, 0.2) is 0 Å². The number of hydrogen-bond donors (Lipinski definition) is 0. The first kappa shape index (κ1) is 16.8. The van der Waals surface area contributed by atoms with E-state index in [1.165, 1.54) is 18.2 Å². The minimum absolute atomic E-state index is 0.0199. The zero-order valence-corrected chi connectivity index (χ0v) is 14.0. The number of ether oxygens (including phenoxy) is 2. The summed E-state index contributed by atoms with van der Waals surface area (Å²) < 4.78 is 40.1. The van der Waals surface area contributed by atoms with E-state index in [0.29, 0.717) is 0 Å². The number of benzene rings is 1. The standard InChI is InChI=1S/C19H26F2O2/c1-3-8-18-10-11-19(23-18,9-4-2)17(12-18)22-13-14-15(20)6-5-7-16(14)21/h5-7,17H,3-4,8-13H2,1-2H3/t17-,18-,19+/m0/s1. The Morgan fingerprint density at radius 2 is 1.83 bits per heavy atom. The molecule has 0 saturated carbocycles. The molecule has 2 bridgehead atoms. The molecule has 0 radical (unpaired) electrons. The van der Waals surface area contributed by atoms with Gasteiger partial charge in [0.25, 0.3) is 0 Å². The van der Waals surface area contributed by atoms with Crippen LogP contribution in [0.15, 0.2) is 18.2 Å². The highest BCUT2D eigenvalue weighted by Crippen LogP contribution is 2.56. The highest BCUT2D eigenvalue weighted by molar-refractivity contribution is 5.19. The topological polar surface area (TPSA) is 18.5 Å². The lowest BCUT2D eigenvalue weighted by Gasteiger charge is -2.32. The summed E-state index contributed by atoms with van der Waals surface area (Å²) >= 11 is 0. The Hall–Kier alpha value is -1.00. The maximum absolute atomic E-state index is 13.8. The third-order valence-electron chi connectivity index (χ3n) is 5.44. The molecule has 0 spiro atoms. The molecule has 2 nitrogen and oxygen atoms in total. The maximum Gasteiger partial charge on any atom is 0.131 e. The van der Waals surface area contributed by atoms with Gasteiger partial charge in [-0.15, -0.1) is 0 Å². The van der Waals surface area contributed by atoms with Gasteiger partial charge in [0.05, 0.1) is 23.9 Å². The minimum Gasteiger partial charge on any atom is -0.370 e. The highest BCUT2D eigenvalue weighted by atomic mass is 19.1. The van der Waals surface area contributed by atoms with Gasteiger partial charge in [0.1, 0.15) is 11.6 Å². The second kappa shape index (κ2) is 6.48. The van der Waals surface area contributed by atoms with Crippen LogP contribution in [-0.2, 0) is 16.1 Å². The lowest BCUT2D eigenvalue weighted by Crippen LogP contribution is -2.40. The largest absolute Gasteiger partial charge is 0.370 e. The molecular formula is C19H26F2O2. The summed E-state index contributed by atoms with van der Waals surface area (Å²) in [7, 11) is 0. The van der Waals surface area contributed by atoms with E-state index >= 15 is 0 Å². The summed E-state index contributed by atoms with van der Waals surface area (Å²) in [5, 5.41) is 0. The zero-order valence-electron chi connectivity index (χ0n) is 14.0. The predicted molar refractivity (Wildman–Crippen MR) is 85.1 cm³/mol. The van der Waals surface area contributed by atoms with Crippen LogP contribution in [0.5, 0.6) is 0 Å². The van der Waals surface area contributed by atoms with Crippen molar-refractivity contribution in [3.8, 4) is 0 Å². The van der Waals surface area contributed by atoms with E-state index in [9.17, 15) is 8.78 Å². The Morgan fingerprint density at radius 3 is 2.48 bits per heavy atom. The molecule has 0 aliphatic carbocycles. The lowest BCUT2D eigenvalue weighted by atomic mass is 9.76. The van der Waals surface area contributed by atoms with Gasteiger partial charge in [-0.1, -0.05) is 32.8 Å². The van der Waals surface area contributed by atoms with Crippen molar-refractivity contribution < 1.29 is 18.3 Å². The Balaban J connectivity index is 1.74. The molecule has 2 aliphatic rings. The fourth-order valence-corrected chi connectivity index (χ4v) is 4.43. The molecule has 2 fully saturated rings. The Morgan fingerprint density at radius 1 is 1.13 bits per heavy atom. The molecule has 3 rings (SSSR count). The van der Waals surface area contributed by atoms with Crippen molar-refractivity contribution in [3.05, 3.63) is 35.4 Å². The molecule has 1 aromatic rings. The van der Waals surface area contributed by atoms with Crippen LogP contribution in [0.3, 0.4) is 0 Å². The second-order valence-electron chi connectivity index (χ2n) is 7.05. The molecule has 4 heteroatoms. The Bertz CT molecular complexity index is 542. The van der Waals surface area contributed by atoms with Crippen LogP contribution in [-0.4, -0.2) is 17.3 Å². The van der Waals surface area contributed by atoms with Crippen molar-refractivity contribution in [2.24, 2.45) is 0 Å². The molecule has 0 amide bonds. The SMILES string of the molecule is CCC[C@@]12CC[C@@](CCC)(O1)[C@@H](OCc1c(F)cccc1F)C2. The average molecular weight is 324 g/mol. The van der Waals surface area contributed by atoms with E-state index in [1.54, 1.807) is 0 Å². The van der Waals surface area contributed by atoms with Gasteiger partial charge in [-0.05, 0) is 37.8 Å². The van der Waals surface area contributed by atoms with E-state index in [4.69, 9.17) is 9.47 Å². The van der Waals surface area contributed by atoms with Crippen molar-refractivity contribution in [3.63, 3.8) is 0 Å². The van der Waals surface area contributed by atoms with Gasteiger partial charge in [-0.3, -0.25) is 0 Å². The van der Waals surface area contributed by atoms with Crippen LogP contribution in [0.25, 0.3) is 0 Å².